The molecule has 9 heteroatoms. The van der Waals surface area contributed by atoms with Crippen LogP contribution in [0.1, 0.15) is 66.6 Å². The molecule has 0 saturated carbocycles. The molecule has 1 aromatic rings. The molecule has 0 spiro atoms. The lowest BCUT2D eigenvalue weighted by Gasteiger charge is -2.29. The minimum Gasteiger partial charge on any atom is -0.456 e. The zero-order chi connectivity index (χ0) is 21.3. The number of carbonyl (C=O) groups is 2. The first-order chi connectivity index (χ1) is 12.9. The third kappa shape index (κ3) is 5.00. The van der Waals surface area contributed by atoms with Gasteiger partial charge in [-0.3, -0.25) is 4.79 Å². The standard InChI is InChI=1S/C19H28O7S2/c1-7-24-17(25-8-2)12-10-9-11-13(14(12)20)18(28(6,22)23)27-15(11)16(21)26-19(3,4)5/h12,17H,7-10H2,1-6H3. The van der Waals surface area contributed by atoms with E-state index in [1.807, 2.05) is 0 Å². The summed E-state index contributed by atoms with van der Waals surface area (Å²) in [5, 5.41) is 0. The first-order valence-electron chi connectivity index (χ1n) is 9.27. The molecule has 2 rings (SSSR count). The Kier molecular flexibility index (Phi) is 7.07. The van der Waals surface area contributed by atoms with Crippen LogP contribution in [0.5, 0.6) is 0 Å². The molecule has 7 nitrogen and oxygen atoms in total. The summed E-state index contributed by atoms with van der Waals surface area (Å²) in [7, 11) is -3.70. The SMILES string of the molecule is CCOC(OCC)C1CCc2c(C(=O)OC(C)(C)C)sc(S(C)(=O)=O)c2C1=O. The zero-order valence-corrected chi connectivity index (χ0v) is 18.8. The number of thiophene rings is 1. The zero-order valence-electron chi connectivity index (χ0n) is 17.2. The maximum Gasteiger partial charge on any atom is 0.349 e. The highest BCUT2D eigenvalue weighted by atomic mass is 32.2. The molecule has 1 atom stereocenters. The molecular formula is C19H28O7S2. The number of fused-ring (bicyclic) bond motifs is 1. The van der Waals surface area contributed by atoms with Crippen LogP contribution in [0.2, 0.25) is 0 Å². The van der Waals surface area contributed by atoms with Crippen molar-refractivity contribution in [2.75, 3.05) is 19.5 Å². The fourth-order valence-corrected chi connectivity index (χ4v) is 5.58. The highest BCUT2D eigenvalue weighted by Crippen LogP contribution is 2.41. The second kappa shape index (κ2) is 8.61. The van der Waals surface area contributed by atoms with Gasteiger partial charge < -0.3 is 14.2 Å². The van der Waals surface area contributed by atoms with Crippen molar-refractivity contribution in [2.24, 2.45) is 5.92 Å². The second-order valence-electron chi connectivity index (χ2n) is 7.63. The van der Waals surface area contributed by atoms with E-state index in [9.17, 15) is 18.0 Å². The Morgan fingerprint density at radius 2 is 1.79 bits per heavy atom. The number of ether oxygens (including phenoxy) is 3. The summed E-state index contributed by atoms with van der Waals surface area (Å²) < 4.78 is 41.2. The maximum atomic E-state index is 13.2. The fraction of sp³-hybridized carbons (Fsp3) is 0.684. The largest absolute Gasteiger partial charge is 0.456 e. The molecule has 28 heavy (non-hydrogen) atoms. The molecule has 0 amide bonds. The minimum absolute atomic E-state index is 0.0917. The van der Waals surface area contributed by atoms with Gasteiger partial charge in [-0.2, -0.15) is 0 Å². The molecule has 0 saturated heterocycles. The van der Waals surface area contributed by atoms with Crippen LogP contribution < -0.4 is 0 Å². The van der Waals surface area contributed by atoms with Gasteiger partial charge in [-0.15, -0.1) is 11.3 Å². The van der Waals surface area contributed by atoms with Gasteiger partial charge >= 0.3 is 5.97 Å². The molecule has 0 aliphatic heterocycles. The number of hydrogen-bond acceptors (Lipinski definition) is 8. The molecule has 0 N–H and O–H groups in total. The number of ketones is 1. The Hall–Kier alpha value is -1.29. The molecule has 1 heterocycles. The number of esters is 1. The normalized spacial score (nSPS) is 17.7. The van der Waals surface area contributed by atoms with E-state index in [1.165, 1.54) is 0 Å². The molecule has 0 aromatic carbocycles. The van der Waals surface area contributed by atoms with Crippen molar-refractivity contribution in [2.45, 2.75) is 63.6 Å². The van der Waals surface area contributed by atoms with Crippen molar-refractivity contribution >= 4 is 32.9 Å². The van der Waals surface area contributed by atoms with E-state index < -0.39 is 33.6 Å². The summed E-state index contributed by atoms with van der Waals surface area (Å²) in [5.41, 5.74) is -0.184. The van der Waals surface area contributed by atoms with E-state index in [-0.39, 0.29) is 20.4 Å². The molecule has 1 aromatic heterocycles. The summed E-state index contributed by atoms with van der Waals surface area (Å²) in [6.07, 6.45) is 1.08. The third-order valence-electron chi connectivity index (χ3n) is 4.17. The first kappa shape index (κ1) is 23.0. The van der Waals surface area contributed by atoms with Crippen LogP contribution in [0.4, 0.5) is 0 Å². The number of hydrogen-bond donors (Lipinski definition) is 0. The highest BCUT2D eigenvalue weighted by molar-refractivity contribution is 7.92. The Morgan fingerprint density at radius 3 is 2.25 bits per heavy atom. The predicted octanol–water partition coefficient (Wildman–Crippen LogP) is 3.25. The van der Waals surface area contributed by atoms with Crippen LogP contribution in [0.3, 0.4) is 0 Å². The number of rotatable bonds is 7. The van der Waals surface area contributed by atoms with E-state index in [1.54, 1.807) is 34.6 Å². The smallest absolute Gasteiger partial charge is 0.349 e. The fourth-order valence-electron chi connectivity index (χ4n) is 3.17. The average Bonchev–Trinajstić information content (AvgIpc) is 2.94. The predicted molar refractivity (Wildman–Crippen MR) is 106 cm³/mol. The summed E-state index contributed by atoms with van der Waals surface area (Å²) in [4.78, 5) is 26.0. The molecule has 0 radical (unpaired) electrons. The minimum atomic E-state index is -3.70. The Morgan fingerprint density at radius 1 is 1.21 bits per heavy atom. The maximum absolute atomic E-state index is 13.2. The van der Waals surface area contributed by atoms with Gasteiger partial charge in [0.25, 0.3) is 0 Å². The average molecular weight is 433 g/mol. The van der Waals surface area contributed by atoms with Crippen LogP contribution in [-0.2, 0) is 30.5 Å². The van der Waals surface area contributed by atoms with E-state index in [0.29, 0.717) is 31.6 Å². The van der Waals surface area contributed by atoms with Crippen LogP contribution in [0.15, 0.2) is 4.21 Å². The van der Waals surface area contributed by atoms with Crippen molar-refractivity contribution in [1.29, 1.82) is 0 Å². The Bertz CT molecular complexity index is 840. The van der Waals surface area contributed by atoms with Crippen LogP contribution in [0, 0.1) is 5.92 Å². The number of sulfone groups is 1. The van der Waals surface area contributed by atoms with E-state index in [2.05, 4.69) is 0 Å². The summed E-state index contributed by atoms with van der Waals surface area (Å²) in [6, 6.07) is 0. The van der Waals surface area contributed by atoms with Gasteiger partial charge in [-0.05, 0) is 53.0 Å². The molecule has 158 valence electrons. The molecule has 0 bridgehead atoms. The van der Waals surface area contributed by atoms with Gasteiger partial charge in [0.2, 0.25) is 0 Å². The highest BCUT2D eigenvalue weighted by Gasteiger charge is 2.42. The Labute approximate surface area is 170 Å². The molecular weight excluding hydrogens is 404 g/mol. The van der Waals surface area contributed by atoms with Crippen molar-refractivity contribution in [3.8, 4) is 0 Å². The van der Waals surface area contributed by atoms with Crippen molar-refractivity contribution in [3.05, 3.63) is 16.0 Å². The topological polar surface area (TPSA) is 96.0 Å². The quantitative estimate of drug-likeness (QED) is 0.482. The number of carbonyl (C=O) groups excluding carboxylic acids is 2. The first-order valence-corrected chi connectivity index (χ1v) is 12.0. The van der Waals surface area contributed by atoms with E-state index in [4.69, 9.17) is 14.2 Å². The van der Waals surface area contributed by atoms with E-state index >= 15 is 0 Å². The Balaban J connectivity index is 2.54. The van der Waals surface area contributed by atoms with Crippen molar-refractivity contribution in [3.63, 3.8) is 0 Å². The summed E-state index contributed by atoms with van der Waals surface area (Å²) >= 11 is 0.810. The van der Waals surface area contributed by atoms with Gasteiger partial charge in [-0.25, -0.2) is 13.2 Å². The molecule has 1 aliphatic rings. The number of Topliss-reactive ketones (excluding diaryl/α,β-unsaturated/α-hetero) is 1. The van der Waals surface area contributed by atoms with Gasteiger partial charge in [0.1, 0.15) is 14.7 Å². The monoisotopic (exact) mass is 432 g/mol. The lowest BCUT2D eigenvalue weighted by molar-refractivity contribution is -0.158. The van der Waals surface area contributed by atoms with Gasteiger partial charge in [0.05, 0.1) is 11.5 Å². The lowest BCUT2D eigenvalue weighted by Crippen LogP contribution is -2.37. The van der Waals surface area contributed by atoms with Crippen molar-refractivity contribution in [1.82, 2.24) is 0 Å². The van der Waals surface area contributed by atoms with Crippen LogP contribution in [0.25, 0.3) is 0 Å². The van der Waals surface area contributed by atoms with E-state index in [0.717, 1.165) is 17.6 Å². The van der Waals surface area contributed by atoms with Crippen LogP contribution >= 0.6 is 11.3 Å². The summed E-state index contributed by atoms with van der Waals surface area (Å²) in [6.45, 7) is 9.55. The molecule has 0 fully saturated rings. The lowest BCUT2D eigenvalue weighted by atomic mass is 9.83. The molecule has 1 unspecified atom stereocenters. The second-order valence-corrected chi connectivity index (χ2v) is 10.9. The van der Waals surface area contributed by atoms with Crippen molar-refractivity contribution < 1.29 is 32.2 Å². The van der Waals surface area contributed by atoms with Gasteiger partial charge in [0.15, 0.2) is 21.9 Å². The summed E-state index contributed by atoms with van der Waals surface area (Å²) in [5.74, 6) is -1.59. The van der Waals surface area contributed by atoms with Gasteiger partial charge in [0, 0.05) is 19.5 Å². The van der Waals surface area contributed by atoms with Gasteiger partial charge in [-0.1, -0.05) is 0 Å². The van der Waals surface area contributed by atoms with Crippen LogP contribution in [-0.4, -0.2) is 51.5 Å². The molecule has 1 aliphatic carbocycles. The third-order valence-corrected chi connectivity index (χ3v) is 7.22.